The molecule has 0 aromatic heterocycles. The topological polar surface area (TPSA) is 32.7 Å². The van der Waals surface area contributed by atoms with E-state index in [1.807, 2.05) is 12.1 Å². The van der Waals surface area contributed by atoms with E-state index in [4.69, 9.17) is 4.74 Å². The molecule has 3 rings (SSSR count). The van der Waals surface area contributed by atoms with Crippen LogP contribution in [0.1, 0.15) is 46.5 Å². The van der Waals surface area contributed by atoms with Crippen molar-refractivity contribution in [2.75, 3.05) is 24.7 Å². The zero-order chi connectivity index (χ0) is 17.1. The first kappa shape index (κ1) is 17.6. The van der Waals surface area contributed by atoms with E-state index in [1.165, 1.54) is 31.4 Å². The van der Waals surface area contributed by atoms with Crippen molar-refractivity contribution in [1.29, 1.82) is 0 Å². The molecule has 0 saturated carbocycles. The maximum Gasteiger partial charge on any atom is 0.117 e. The molecule has 4 atom stereocenters. The Morgan fingerprint density at radius 2 is 1.96 bits per heavy atom. The predicted molar refractivity (Wildman–Crippen MR) is 99.5 cm³/mol. The Kier molecular flexibility index (Phi) is 5.70. The van der Waals surface area contributed by atoms with Crippen LogP contribution in [-0.4, -0.2) is 30.9 Å². The first-order valence-corrected chi connectivity index (χ1v) is 9.75. The molecule has 24 heavy (non-hydrogen) atoms. The molecule has 1 aromatic carbocycles. The minimum atomic E-state index is 0.372. The van der Waals surface area contributed by atoms with Crippen LogP contribution in [0.2, 0.25) is 0 Å². The molecule has 2 fully saturated rings. The van der Waals surface area contributed by atoms with Crippen LogP contribution in [0, 0.1) is 23.7 Å². The normalized spacial score (nSPS) is 30.3. The average Bonchev–Trinajstić information content (AvgIpc) is 2.60. The highest BCUT2D eigenvalue weighted by Crippen LogP contribution is 2.42. The number of piperidine rings is 1. The van der Waals surface area contributed by atoms with Gasteiger partial charge in [-0.1, -0.05) is 33.3 Å². The van der Waals surface area contributed by atoms with Gasteiger partial charge in [-0.25, -0.2) is 0 Å². The molecular formula is C21H33NO2. The fourth-order valence-corrected chi connectivity index (χ4v) is 4.97. The molecule has 134 valence electrons. The van der Waals surface area contributed by atoms with Gasteiger partial charge in [-0.15, -0.1) is 0 Å². The van der Waals surface area contributed by atoms with Crippen molar-refractivity contribution in [3.63, 3.8) is 0 Å². The maximum atomic E-state index is 9.95. The number of anilines is 1. The predicted octanol–water partition coefficient (Wildman–Crippen LogP) is 4.70. The van der Waals surface area contributed by atoms with Gasteiger partial charge < -0.3 is 14.7 Å². The molecule has 0 radical (unpaired) electrons. The van der Waals surface area contributed by atoms with E-state index >= 15 is 0 Å². The molecule has 1 aromatic rings. The summed E-state index contributed by atoms with van der Waals surface area (Å²) in [5, 5.41) is 9.95. The number of phenolic OH excluding ortho intramolecular Hbond substituents is 1. The summed E-state index contributed by atoms with van der Waals surface area (Å²) in [6.07, 6.45) is 4.85. The third-order valence-corrected chi connectivity index (χ3v) is 6.56. The van der Waals surface area contributed by atoms with Gasteiger partial charge in [0.25, 0.3) is 0 Å². The molecule has 4 unspecified atom stereocenters. The van der Waals surface area contributed by atoms with Gasteiger partial charge in [-0.05, 0) is 55.1 Å². The molecule has 1 N–H and O–H groups in total. The first-order valence-electron chi connectivity index (χ1n) is 9.75. The number of rotatable bonds is 4. The van der Waals surface area contributed by atoms with E-state index < -0.39 is 0 Å². The van der Waals surface area contributed by atoms with Crippen molar-refractivity contribution >= 4 is 5.69 Å². The van der Waals surface area contributed by atoms with Crippen LogP contribution in [0.3, 0.4) is 0 Å². The van der Waals surface area contributed by atoms with E-state index in [2.05, 4.69) is 31.7 Å². The average molecular weight is 332 g/mol. The quantitative estimate of drug-likeness (QED) is 0.868. The lowest BCUT2D eigenvalue weighted by Crippen LogP contribution is -2.53. The number of hydrogen-bond donors (Lipinski definition) is 1. The van der Waals surface area contributed by atoms with Crippen molar-refractivity contribution in [2.24, 2.45) is 23.7 Å². The van der Waals surface area contributed by atoms with Crippen LogP contribution < -0.4 is 4.90 Å². The molecule has 0 aliphatic carbocycles. The second-order valence-electron chi connectivity index (χ2n) is 7.85. The summed E-state index contributed by atoms with van der Waals surface area (Å²) in [5.41, 5.74) is 1.18. The van der Waals surface area contributed by atoms with E-state index in [9.17, 15) is 5.11 Å². The second-order valence-corrected chi connectivity index (χ2v) is 7.85. The lowest BCUT2D eigenvalue weighted by molar-refractivity contribution is 0.0294. The Morgan fingerprint density at radius 1 is 1.21 bits per heavy atom. The molecule has 2 aliphatic heterocycles. The molecule has 0 amide bonds. The van der Waals surface area contributed by atoms with E-state index in [0.717, 1.165) is 31.6 Å². The minimum absolute atomic E-state index is 0.372. The smallest absolute Gasteiger partial charge is 0.117 e. The zero-order valence-electron chi connectivity index (χ0n) is 15.4. The van der Waals surface area contributed by atoms with Gasteiger partial charge in [0.15, 0.2) is 0 Å². The van der Waals surface area contributed by atoms with Gasteiger partial charge in [-0.3, -0.25) is 0 Å². The number of benzene rings is 1. The monoisotopic (exact) mass is 331 g/mol. The molecule has 0 spiro atoms. The van der Waals surface area contributed by atoms with Crippen LogP contribution in [0.15, 0.2) is 24.3 Å². The highest BCUT2D eigenvalue weighted by atomic mass is 16.5. The summed E-state index contributed by atoms with van der Waals surface area (Å²) in [7, 11) is 0. The third-order valence-electron chi connectivity index (χ3n) is 6.56. The largest absolute Gasteiger partial charge is 0.508 e. The molecule has 2 aliphatic rings. The fourth-order valence-electron chi connectivity index (χ4n) is 4.97. The van der Waals surface area contributed by atoms with Crippen LogP contribution in [0.5, 0.6) is 5.75 Å². The van der Waals surface area contributed by atoms with Gasteiger partial charge in [0, 0.05) is 37.6 Å². The van der Waals surface area contributed by atoms with Crippen molar-refractivity contribution in [3.05, 3.63) is 24.3 Å². The van der Waals surface area contributed by atoms with Gasteiger partial charge in [0.05, 0.1) is 0 Å². The highest BCUT2D eigenvalue weighted by molar-refractivity contribution is 5.52. The van der Waals surface area contributed by atoms with E-state index in [1.54, 1.807) is 6.07 Å². The molecule has 3 heteroatoms. The standard InChI is InChI=1S/C21H33NO2/c1-4-20(17-9-12-24-13-10-17)21-16(3)15(2)8-11-22(21)18-6-5-7-19(23)14-18/h5-7,14-17,20-21,23H,4,8-13H2,1-3H3. The Labute approximate surface area is 147 Å². The summed E-state index contributed by atoms with van der Waals surface area (Å²) >= 11 is 0. The Morgan fingerprint density at radius 3 is 2.62 bits per heavy atom. The van der Waals surface area contributed by atoms with Crippen LogP contribution in [-0.2, 0) is 4.74 Å². The molecular weight excluding hydrogens is 298 g/mol. The number of phenols is 1. The molecule has 2 saturated heterocycles. The number of aromatic hydroxyl groups is 1. The number of ether oxygens (including phenoxy) is 1. The summed E-state index contributed by atoms with van der Waals surface area (Å²) in [6.45, 7) is 10.1. The summed E-state index contributed by atoms with van der Waals surface area (Å²) < 4.78 is 5.61. The summed E-state index contributed by atoms with van der Waals surface area (Å²) in [6, 6.07) is 8.39. The molecule has 0 bridgehead atoms. The number of hydrogen-bond acceptors (Lipinski definition) is 3. The fraction of sp³-hybridized carbons (Fsp3) is 0.714. The Bertz CT molecular complexity index is 526. The molecule has 3 nitrogen and oxygen atoms in total. The van der Waals surface area contributed by atoms with Crippen molar-refractivity contribution in [2.45, 2.75) is 52.5 Å². The van der Waals surface area contributed by atoms with Crippen LogP contribution >= 0.6 is 0 Å². The minimum Gasteiger partial charge on any atom is -0.508 e. The van der Waals surface area contributed by atoms with Crippen molar-refractivity contribution < 1.29 is 9.84 Å². The zero-order valence-corrected chi connectivity index (χ0v) is 15.4. The Hall–Kier alpha value is -1.22. The van der Waals surface area contributed by atoms with E-state index in [0.29, 0.717) is 23.6 Å². The van der Waals surface area contributed by atoms with Crippen molar-refractivity contribution in [3.8, 4) is 5.75 Å². The molecule has 2 heterocycles. The third kappa shape index (κ3) is 3.56. The van der Waals surface area contributed by atoms with Crippen LogP contribution in [0.25, 0.3) is 0 Å². The van der Waals surface area contributed by atoms with Gasteiger partial charge >= 0.3 is 0 Å². The second kappa shape index (κ2) is 7.77. The summed E-state index contributed by atoms with van der Waals surface area (Å²) in [5.74, 6) is 3.28. The van der Waals surface area contributed by atoms with E-state index in [-0.39, 0.29) is 0 Å². The SMILES string of the molecule is CCC(C1CCOCC1)C1C(C)C(C)CCN1c1cccc(O)c1. The lowest BCUT2D eigenvalue weighted by atomic mass is 9.69. The van der Waals surface area contributed by atoms with Crippen LogP contribution in [0.4, 0.5) is 5.69 Å². The van der Waals surface area contributed by atoms with Gasteiger partial charge in [0.1, 0.15) is 5.75 Å². The van der Waals surface area contributed by atoms with Crippen molar-refractivity contribution in [1.82, 2.24) is 0 Å². The first-order chi connectivity index (χ1) is 11.6. The lowest BCUT2D eigenvalue weighted by Gasteiger charge is -2.50. The highest BCUT2D eigenvalue weighted by Gasteiger charge is 2.41. The summed E-state index contributed by atoms with van der Waals surface area (Å²) in [4.78, 5) is 2.59. The van der Waals surface area contributed by atoms with Gasteiger partial charge in [0.2, 0.25) is 0 Å². The maximum absolute atomic E-state index is 9.95. The number of nitrogens with zero attached hydrogens (tertiary/aromatic N) is 1. The Balaban J connectivity index is 1.90. The van der Waals surface area contributed by atoms with Gasteiger partial charge in [-0.2, -0.15) is 0 Å².